The Morgan fingerprint density at radius 1 is 1.24 bits per heavy atom. The van der Waals surface area contributed by atoms with E-state index in [9.17, 15) is 4.79 Å². The maximum absolute atomic E-state index is 12.2. The van der Waals surface area contributed by atoms with Crippen LogP contribution >= 0.6 is 11.8 Å². The van der Waals surface area contributed by atoms with Crippen LogP contribution in [0.15, 0.2) is 35.5 Å². The van der Waals surface area contributed by atoms with Crippen molar-refractivity contribution in [1.82, 2.24) is 20.1 Å². The number of benzene rings is 1. The van der Waals surface area contributed by atoms with Crippen LogP contribution in [0.2, 0.25) is 0 Å². The summed E-state index contributed by atoms with van der Waals surface area (Å²) in [5.74, 6) is 2.77. The Kier molecular flexibility index (Phi) is 4.79. The van der Waals surface area contributed by atoms with Crippen molar-refractivity contribution in [1.29, 1.82) is 0 Å². The van der Waals surface area contributed by atoms with E-state index in [1.165, 1.54) is 43.0 Å². The summed E-state index contributed by atoms with van der Waals surface area (Å²) in [5.41, 5.74) is 1.23. The molecule has 1 N–H and O–H groups in total. The Bertz CT molecular complexity index is 737. The second kappa shape index (κ2) is 7.20. The van der Waals surface area contributed by atoms with Gasteiger partial charge in [0.25, 0.3) is 0 Å². The van der Waals surface area contributed by atoms with Gasteiger partial charge in [-0.2, -0.15) is 0 Å². The average Bonchev–Trinajstić information content (AvgIpc) is 3.52. The molecule has 2 aromatic rings. The first kappa shape index (κ1) is 16.6. The van der Waals surface area contributed by atoms with Crippen molar-refractivity contribution >= 4 is 17.7 Å². The molecule has 132 valence electrons. The minimum absolute atomic E-state index is 0.0895. The summed E-state index contributed by atoms with van der Waals surface area (Å²) >= 11 is 1.49. The molecule has 2 aliphatic rings. The summed E-state index contributed by atoms with van der Waals surface area (Å²) in [6.45, 7) is 2.87. The Hall–Kier alpha value is -1.82. The van der Waals surface area contributed by atoms with Gasteiger partial charge in [-0.05, 0) is 44.1 Å². The van der Waals surface area contributed by atoms with Gasteiger partial charge in [0.05, 0.1) is 12.3 Å². The molecule has 4 rings (SSSR count). The lowest BCUT2D eigenvalue weighted by atomic mass is 10.2. The smallest absolute Gasteiger partial charge is 0.230 e. The van der Waals surface area contributed by atoms with E-state index in [0.29, 0.717) is 17.6 Å². The van der Waals surface area contributed by atoms with Crippen molar-refractivity contribution in [2.75, 3.05) is 5.75 Å². The van der Waals surface area contributed by atoms with Crippen LogP contribution in [-0.4, -0.2) is 32.5 Å². The van der Waals surface area contributed by atoms with Crippen molar-refractivity contribution in [3.63, 3.8) is 0 Å². The Labute approximate surface area is 152 Å². The first-order chi connectivity index (χ1) is 12.2. The van der Waals surface area contributed by atoms with Gasteiger partial charge in [0.1, 0.15) is 5.82 Å². The molecular weight excluding hydrogens is 332 g/mol. The van der Waals surface area contributed by atoms with E-state index in [0.717, 1.165) is 17.5 Å². The lowest BCUT2D eigenvalue weighted by Gasteiger charge is -2.13. The molecule has 0 bridgehead atoms. The number of rotatable bonds is 8. The fourth-order valence-electron chi connectivity index (χ4n) is 3.10. The highest BCUT2D eigenvalue weighted by Crippen LogP contribution is 2.40. The van der Waals surface area contributed by atoms with Gasteiger partial charge in [0, 0.05) is 12.0 Å². The number of carbonyl (C=O) groups is 1. The third-order valence-corrected chi connectivity index (χ3v) is 5.89. The molecule has 0 radical (unpaired) electrons. The van der Waals surface area contributed by atoms with Gasteiger partial charge in [0.15, 0.2) is 5.16 Å². The van der Waals surface area contributed by atoms with E-state index in [1.54, 1.807) is 0 Å². The number of carbonyl (C=O) groups excluding carboxylic acids is 1. The van der Waals surface area contributed by atoms with E-state index in [2.05, 4.69) is 51.3 Å². The molecule has 1 aromatic heterocycles. The molecule has 1 heterocycles. The lowest BCUT2D eigenvalue weighted by molar-refractivity contribution is -0.119. The molecule has 5 nitrogen and oxygen atoms in total. The number of hydrogen-bond donors (Lipinski definition) is 1. The maximum Gasteiger partial charge on any atom is 0.230 e. The molecule has 25 heavy (non-hydrogen) atoms. The zero-order valence-electron chi connectivity index (χ0n) is 14.5. The van der Waals surface area contributed by atoms with Crippen molar-refractivity contribution < 1.29 is 4.79 Å². The SMILES string of the molecule is C[C@H](NC(=O)CSc1nnc(C2CC2)n1Cc1ccccc1)C1CC1. The highest BCUT2D eigenvalue weighted by molar-refractivity contribution is 7.99. The Morgan fingerprint density at radius 3 is 2.68 bits per heavy atom. The van der Waals surface area contributed by atoms with Crippen LogP contribution in [0.5, 0.6) is 0 Å². The predicted octanol–water partition coefficient (Wildman–Crippen LogP) is 3.21. The van der Waals surface area contributed by atoms with Crippen LogP contribution in [-0.2, 0) is 11.3 Å². The van der Waals surface area contributed by atoms with Crippen LogP contribution < -0.4 is 5.32 Å². The molecule has 1 atom stereocenters. The third kappa shape index (κ3) is 4.24. The molecule has 1 amide bonds. The summed E-state index contributed by atoms with van der Waals surface area (Å²) in [4.78, 5) is 12.2. The van der Waals surface area contributed by atoms with E-state index in [-0.39, 0.29) is 11.9 Å². The van der Waals surface area contributed by atoms with Crippen molar-refractivity contribution in [2.45, 2.75) is 56.3 Å². The minimum atomic E-state index is 0.0895. The van der Waals surface area contributed by atoms with Crippen LogP contribution in [0.3, 0.4) is 0 Å². The molecule has 0 unspecified atom stereocenters. The van der Waals surface area contributed by atoms with Crippen molar-refractivity contribution in [3.8, 4) is 0 Å². The molecule has 6 heteroatoms. The van der Waals surface area contributed by atoms with Gasteiger partial charge in [-0.25, -0.2) is 0 Å². The average molecular weight is 356 g/mol. The monoisotopic (exact) mass is 356 g/mol. The number of nitrogens with one attached hydrogen (secondary N) is 1. The number of amides is 1. The predicted molar refractivity (Wildman–Crippen MR) is 98.6 cm³/mol. The molecule has 0 saturated heterocycles. The maximum atomic E-state index is 12.2. The highest BCUT2D eigenvalue weighted by Gasteiger charge is 2.31. The molecule has 1 aromatic carbocycles. The van der Waals surface area contributed by atoms with Gasteiger partial charge in [-0.1, -0.05) is 42.1 Å². The van der Waals surface area contributed by atoms with Crippen molar-refractivity contribution in [2.24, 2.45) is 5.92 Å². The van der Waals surface area contributed by atoms with Gasteiger partial charge in [-0.3, -0.25) is 4.79 Å². The largest absolute Gasteiger partial charge is 0.353 e. The summed E-state index contributed by atoms with van der Waals surface area (Å²) in [6, 6.07) is 10.7. The van der Waals surface area contributed by atoms with Gasteiger partial charge in [0.2, 0.25) is 5.91 Å². The summed E-state index contributed by atoms with van der Waals surface area (Å²) in [6.07, 6.45) is 4.86. The molecule has 2 aliphatic carbocycles. The molecular formula is C19H24N4OS. The highest BCUT2D eigenvalue weighted by atomic mass is 32.2. The molecule has 0 spiro atoms. The van der Waals surface area contributed by atoms with Crippen LogP contribution in [0.1, 0.15) is 49.9 Å². The first-order valence-corrected chi connectivity index (χ1v) is 10.1. The van der Waals surface area contributed by atoms with Crippen LogP contribution in [0.25, 0.3) is 0 Å². The Balaban J connectivity index is 1.42. The van der Waals surface area contributed by atoms with E-state index in [4.69, 9.17) is 0 Å². The van der Waals surface area contributed by atoms with E-state index < -0.39 is 0 Å². The molecule has 0 aliphatic heterocycles. The van der Waals surface area contributed by atoms with Gasteiger partial charge in [-0.15, -0.1) is 10.2 Å². The second-order valence-corrected chi connectivity index (χ2v) is 8.11. The standard InChI is InChI=1S/C19H24N4OS/c1-13(15-7-8-15)20-17(24)12-25-19-22-21-18(16-9-10-16)23(19)11-14-5-3-2-4-6-14/h2-6,13,15-16H,7-12H2,1H3,(H,20,24)/t13-/m0/s1. The third-order valence-electron chi connectivity index (χ3n) is 4.92. The summed E-state index contributed by atoms with van der Waals surface area (Å²) < 4.78 is 2.19. The number of thioether (sulfide) groups is 1. The van der Waals surface area contributed by atoms with Gasteiger partial charge < -0.3 is 9.88 Å². The normalized spacial score (nSPS) is 18.1. The number of hydrogen-bond acceptors (Lipinski definition) is 4. The topological polar surface area (TPSA) is 59.8 Å². The summed E-state index contributed by atoms with van der Waals surface area (Å²) in [5, 5.41) is 12.7. The zero-order chi connectivity index (χ0) is 17.2. The van der Waals surface area contributed by atoms with Crippen LogP contribution in [0.4, 0.5) is 0 Å². The quantitative estimate of drug-likeness (QED) is 0.738. The second-order valence-electron chi connectivity index (χ2n) is 7.17. The van der Waals surface area contributed by atoms with E-state index in [1.807, 2.05) is 6.07 Å². The molecule has 2 saturated carbocycles. The summed E-state index contributed by atoms with van der Waals surface area (Å²) in [7, 11) is 0. The number of nitrogens with zero attached hydrogens (tertiary/aromatic N) is 3. The Morgan fingerprint density at radius 2 is 2.00 bits per heavy atom. The first-order valence-electron chi connectivity index (χ1n) is 9.10. The molecule has 2 fully saturated rings. The van der Waals surface area contributed by atoms with E-state index >= 15 is 0 Å². The fourth-order valence-corrected chi connectivity index (χ4v) is 3.86. The zero-order valence-corrected chi connectivity index (χ0v) is 15.3. The lowest BCUT2D eigenvalue weighted by Crippen LogP contribution is -2.35. The number of aromatic nitrogens is 3. The van der Waals surface area contributed by atoms with Gasteiger partial charge >= 0.3 is 0 Å². The minimum Gasteiger partial charge on any atom is -0.353 e. The van der Waals surface area contributed by atoms with Crippen LogP contribution in [0, 0.1) is 5.92 Å². The van der Waals surface area contributed by atoms with Crippen molar-refractivity contribution in [3.05, 3.63) is 41.7 Å². The fraction of sp³-hybridized carbons (Fsp3) is 0.526.